The Morgan fingerprint density at radius 2 is 1.96 bits per heavy atom. The number of halogens is 2. The molecule has 0 aliphatic rings. The number of fused-ring (bicyclic) bond motifs is 1. The first-order valence-corrected chi connectivity index (χ1v) is 9.09. The lowest BCUT2D eigenvalue weighted by Gasteiger charge is -2.06. The van der Waals surface area contributed by atoms with Crippen LogP contribution in [-0.2, 0) is 5.75 Å². The average molecular weight is 387 g/mol. The molecule has 2 aromatic carbocycles. The zero-order chi connectivity index (χ0) is 18.1. The van der Waals surface area contributed by atoms with Crippen LogP contribution in [0.3, 0.4) is 0 Å². The van der Waals surface area contributed by atoms with Crippen LogP contribution in [0.15, 0.2) is 64.7 Å². The van der Waals surface area contributed by atoms with Gasteiger partial charge in [-0.3, -0.25) is 4.98 Å². The molecule has 0 saturated heterocycles. The fourth-order valence-electron chi connectivity index (χ4n) is 2.57. The van der Waals surface area contributed by atoms with Gasteiger partial charge in [0.2, 0.25) is 0 Å². The molecule has 4 rings (SSSR count). The smallest absolute Gasteiger partial charge is 0.285 e. The second-order valence-electron chi connectivity index (χ2n) is 5.50. The topological polar surface area (TPSA) is 63.0 Å². The van der Waals surface area contributed by atoms with Crippen LogP contribution in [0.4, 0.5) is 4.39 Å². The van der Waals surface area contributed by atoms with E-state index >= 15 is 0 Å². The van der Waals surface area contributed by atoms with Crippen LogP contribution in [0.2, 0.25) is 5.02 Å². The number of H-pyrrole nitrogens is 1. The lowest BCUT2D eigenvalue weighted by molar-refractivity contribution is 0.617. The highest BCUT2D eigenvalue weighted by atomic mass is 35.5. The van der Waals surface area contributed by atoms with Crippen molar-refractivity contribution in [3.05, 3.63) is 81.6 Å². The summed E-state index contributed by atoms with van der Waals surface area (Å²) in [6.45, 7) is 0. The Balaban J connectivity index is 1.72. The van der Waals surface area contributed by atoms with E-state index in [1.165, 1.54) is 22.3 Å². The van der Waals surface area contributed by atoms with Gasteiger partial charge in [0.25, 0.3) is 0 Å². The lowest BCUT2D eigenvalue weighted by Crippen LogP contribution is -2.19. The molecule has 2 aromatic heterocycles. The van der Waals surface area contributed by atoms with E-state index in [2.05, 4.69) is 15.1 Å². The first kappa shape index (κ1) is 16.8. The second kappa shape index (κ2) is 6.93. The van der Waals surface area contributed by atoms with Gasteiger partial charge in [-0.15, -0.1) is 0 Å². The van der Waals surface area contributed by atoms with Crippen molar-refractivity contribution in [2.45, 2.75) is 10.9 Å². The fraction of sp³-hybridized carbons (Fsp3) is 0.0556. The molecule has 0 bridgehead atoms. The van der Waals surface area contributed by atoms with Crippen LogP contribution in [-0.4, -0.2) is 19.6 Å². The molecule has 26 heavy (non-hydrogen) atoms. The maximum atomic E-state index is 13.9. The van der Waals surface area contributed by atoms with E-state index in [0.29, 0.717) is 21.4 Å². The highest BCUT2D eigenvalue weighted by Gasteiger charge is 2.13. The molecule has 0 atom stereocenters. The molecule has 0 radical (unpaired) electrons. The standard InChI is InChI=1S/C18H12ClFN4OS/c19-14-7-4-8-15(20)13(14)10-26-17-22-16-12(11-5-2-1-3-6-11)9-21-24(16)18(25)23-17/h1-9H,10H2,(H,22,23,25). The first-order valence-electron chi connectivity index (χ1n) is 7.72. The molecule has 0 amide bonds. The summed E-state index contributed by atoms with van der Waals surface area (Å²) in [5, 5.41) is 4.82. The minimum absolute atomic E-state index is 0.249. The van der Waals surface area contributed by atoms with Gasteiger partial charge in [0.1, 0.15) is 5.82 Å². The molecule has 0 saturated carbocycles. The van der Waals surface area contributed by atoms with Crippen molar-refractivity contribution < 1.29 is 4.39 Å². The quantitative estimate of drug-likeness (QED) is 0.535. The van der Waals surface area contributed by atoms with Crippen molar-refractivity contribution in [3.8, 4) is 11.1 Å². The van der Waals surface area contributed by atoms with Crippen molar-refractivity contribution in [3.63, 3.8) is 0 Å². The zero-order valence-corrected chi connectivity index (χ0v) is 14.9. The first-order chi connectivity index (χ1) is 12.6. The molecule has 1 N–H and O–H groups in total. The van der Waals surface area contributed by atoms with Crippen LogP contribution >= 0.6 is 23.4 Å². The Kier molecular flexibility index (Phi) is 4.48. The molecule has 0 fully saturated rings. The van der Waals surface area contributed by atoms with Gasteiger partial charge in [0.05, 0.1) is 6.20 Å². The summed E-state index contributed by atoms with van der Waals surface area (Å²) in [4.78, 5) is 19.4. The third kappa shape index (κ3) is 3.11. The number of hydrogen-bond donors (Lipinski definition) is 1. The number of aromatic amines is 1. The molecular formula is C18H12ClFN4OS. The van der Waals surface area contributed by atoms with E-state index in [1.807, 2.05) is 30.3 Å². The molecular weight excluding hydrogens is 375 g/mol. The Hall–Kier alpha value is -2.64. The highest BCUT2D eigenvalue weighted by molar-refractivity contribution is 7.98. The van der Waals surface area contributed by atoms with E-state index in [1.54, 1.807) is 18.3 Å². The van der Waals surface area contributed by atoms with Crippen LogP contribution in [0.5, 0.6) is 0 Å². The highest BCUT2D eigenvalue weighted by Crippen LogP contribution is 2.28. The normalized spacial score (nSPS) is 11.2. The van der Waals surface area contributed by atoms with Gasteiger partial charge in [-0.1, -0.05) is 59.8 Å². The third-order valence-corrected chi connectivity index (χ3v) is 5.11. The maximum Gasteiger partial charge on any atom is 0.350 e. The Bertz CT molecular complexity index is 1120. The molecule has 0 spiro atoms. The van der Waals surface area contributed by atoms with Crippen LogP contribution in [0.1, 0.15) is 5.56 Å². The molecule has 2 heterocycles. The number of hydrogen-bond acceptors (Lipinski definition) is 4. The summed E-state index contributed by atoms with van der Waals surface area (Å²) in [6.07, 6.45) is 1.61. The largest absolute Gasteiger partial charge is 0.350 e. The summed E-state index contributed by atoms with van der Waals surface area (Å²) in [5.41, 5.74) is 2.08. The van der Waals surface area contributed by atoms with Crippen LogP contribution in [0.25, 0.3) is 16.8 Å². The van der Waals surface area contributed by atoms with Crippen LogP contribution in [0, 0.1) is 5.82 Å². The van der Waals surface area contributed by atoms with Crippen molar-refractivity contribution in [1.82, 2.24) is 19.6 Å². The average Bonchev–Trinajstić information content (AvgIpc) is 3.06. The number of thioether (sulfide) groups is 1. The maximum absolute atomic E-state index is 13.9. The number of nitrogens with zero attached hydrogens (tertiary/aromatic N) is 3. The molecule has 0 unspecified atom stereocenters. The van der Waals surface area contributed by atoms with Crippen LogP contribution < -0.4 is 5.69 Å². The monoisotopic (exact) mass is 386 g/mol. The molecule has 4 aromatic rings. The van der Waals surface area contributed by atoms with Gasteiger partial charge in [-0.25, -0.2) is 14.2 Å². The molecule has 8 heteroatoms. The lowest BCUT2D eigenvalue weighted by atomic mass is 10.1. The summed E-state index contributed by atoms with van der Waals surface area (Å²) in [5.74, 6) is -0.137. The van der Waals surface area contributed by atoms with Gasteiger partial charge >= 0.3 is 5.69 Å². The van der Waals surface area contributed by atoms with Gasteiger partial charge in [-0.2, -0.15) is 9.61 Å². The molecule has 0 aliphatic carbocycles. The van der Waals surface area contributed by atoms with Crippen molar-refractivity contribution >= 4 is 29.0 Å². The molecule has 130 valence electrons. The van der Waals surface area contributed by atoms with E-state index in [-0.39, 0.29) is 11.6 Å². The van der Waals surface area contributed by atoms with E-state index in [9.17, 15) is 9.18 Å². The number of nitrogens with one attached hydrogen (secondary N) is 1. The minimum atomic E-state index is -0.403. The number of rotatable bonds is 4. The number of aromatic nitrogens is 4. The van der Waals surface area contributed by atoms with E-state index < -0.39 is 5.69 Å². The van der Waals surface area contributed by atoms with Crippen molar-refractivity contribution in [1.29, 1.82) is 0 Å². The molecule has 5 nitrogen and oxygen atoms in total. The third-order valence-electron chi connectivity index (χ3n) is 3.86. The Morgan fingerprint density at radius 3 is 2.73 bits per heavy atom. The summed E-state index contributed by atoms with van der Waals surface area (Å²) < 4.78 is 15.1. The molecule has 0 aliphatic heterocycles. The summed E-state index contributed by atoms with van der Waals surface area (Å²) >= 11 is 7.26. The van der Waals surface area contributed by atoms with E-state index in [4.69, 9.17) is 11.6 Å². The van der Waals surface area contributed by atoms with E-state index in [0.717, 1.165) is 11.1 Å². The Labute approximate surface area is 156 Å². The predicted octanol–water partition coefficient (Wildman–Crippen LogP) is 4.17. The van der Waals surface area contributed by atoms with Crippen molar-refractivity contribution in [2.24, 2.45) is 0 Å². The zero-order valence-electron chi connectivity index (χ0n) is 13.3. The number of benzene rings is 2. The fourth-order valence-corrected chi connectivity index (χ4v) is 3.76. The Morgan fingerprint density at radius 1 is 1.15 bits per heavy atom. The van der Waals surface area contributed by atoms with Gasteiger partial charge in [-0.05, 0) is 17.7 Å². The SMILES string of the molecule is O=c1[nH]c(SCc2c(F)cccc2Cl)nc2c(-c3ccccc3)cnn12. The summed E-state index contributed by atoms with van der Waals surface area (Å²) in [6, 6.07) is 14.1. The van der Waals surface area contributed by atoms with Gasteiger partial charge in [0, 0.05) is 21.9 Å². The minimum Gasteiger partial charge on any atom is -0.285 e. The van der Waals surface area contributed by atoms with Crippen molar-refractivity contribution in [2.75, 3.05) is 0 Å². The predicted molar refractivity (Wildman–Crippen MR) is 100 cm³/mol. The summed E-state index contributed by atoms with van der Waals surface area (Å²) in [7, 11) is 0. The second-order valence-corrected chi connectivity index (χ2v) is 6.87. The van der Waals surface area contributed by atoms with Gasteiger partial charge < -0.3 is 0 Å². The van der Waals surface area contributed by atoms with Gasteiger partial charge in [0.15, 0.2) is 10.8 Å².